The SMILES string of the molecule is C=CC[C@@](CC)(NC(=O)[C@@H]1C[C@@H](Oc2nccc3cc(OC)ccc23)CN1C(=O)[C@@H](NC(=O)NC(C)(C)C)C(C)(C)C)C(=O)NS(=O)(=O)C1CCC1. The number of rotatable bonds is 13. The van der Waals surface area contributed by atoms with Gasteiger partial charge >= 0.3 is 6.03 Å². The lowest BCUT2D eigenvalue weighted by atomic mass is 9.85. The molecule has 0 radical (unpaired) electrons. The zero-order chi connectivity index (χ0) is 38.6. The molecule has 5 amide bonds. The highest BCUT2D eigenvalue weighted by Gasteiger charge is 2.49. The molecule has 0 spiro atoms. The first-order valence-corrected chi connectivity index (χ1v) is 19.3. The average molecular weight is 743 g/mol. The van der Waals surface area contributed by atoms with Crippen LogP contribution in [0.4, 0.5) is 4.79 Å². The van der Waals surface area contributed by atoms with Crippen LogP contribution in [0.1, 0.15) is 87.0 Å². The van der Waals surface area contributed by atoms with Gasteiger partial charge in [0.2, 0.25) is 27.7 Å². The van der Waals surface area contributed by atoms with Crippen LogP contribution in [0.3, 0.4) is 0 Å². The van der Waals surface area contributed by atoms with E-state index in [-0.39, 0.29) is 25.8 Å². The summed E-state index contributed by atoms with van der Waals surface area (Å²) in [6.07, 6.45) is 3.97. The van der Waals surface area contributed by atoms with Gasteiger partial charge in [-0.25, -0.2) is 18.2 Å². The number of sulfonamides is 1. The van der Waals surface area contributed by atoms with Crippen molar-refractivity contribution in [3.05, 3.63) is 43.1 Å². The topological polar surface area (TPSA) is 185 Å². The van der Waals surface area contributed by atoms with E-state index in [9.17, 15) is 27.6 Å². The van der Waals surface area contributed by atoms with Crippen molar-refractivity contribution in [1.29, 1.82) is 0 Å². The van der Waals surface area contributed by atoms with Crippen LogP contribution in [0.25, 0.3) is 10.8 Å². The highest BCUT2D eigenvalue weighted by molar-refractivity contribution is 7.90. The predicted octanol–water partition coefficient (Wildman–Crippen LogP) is 3.94. The summed E-state index contributed by atoms with van der Waals surface area (Å²) in [5.41, 5.74) is -3.04. The van der Waals surface area contributed by atoms with Gasteiger partial charge in [0.25, 0.3) is 5.91 Å². The average Bonchev–Trinajstić information content (AvgIpc) is 3.44. The van der Waals surface area contributed by atoms with Gasteiger partial charge < -0.3 is 30.3 Å². The van der Waals surface area contributed by atoms with Gasteiger partial charge in [-0.3, -0.25) is 19.1 Å². The van der Waals surface area contributed by atoms with Crippen LogP contribution in [0.2, 0.25) is 0 Å². The Labute approximate surface area is 306 Å². The summed E-state index contributed by atoms with van der Waals surface area (Å²) in [5.74, 6) is -1.13. The number of hydrogen-bond acceptors (Lipinski definition) is 9. The number of methoxy groups -OCH3 is 1. The molecule has 2 aliphatic rings. The van der Waals surface area contributed by atoms with Crippen molar-refractivity contribution >= 4 is 44.5 Å². The van der Waals surface area contributed by atoms with E-state index in [1.165, 1.54) is 11.0 Å². The molecule has 1 aromatic carbocycles. The summed E-state index contributed by atoms with van der Waals surface area (Å²) in [7, 11) is -2.39. The minimum Gasteiger partial charge on any atom is -0.497 e. The van der Waals surface area contributed by atoms with Crippen LogP contribution >= 0.6 is 0 Å². The molecule has 1 aromatic heterocycles. The molecule has 0 bridgehead atoms. The van der Waals surface area contributed by atoms with Crippen LogP contribution in [-0.4, -0.2) is 90.2 Å². The number of likely N-dealkylation sites (tertiary alicyclic amines) is 1. The molecule has 4 atom stereocenters. The third-order valence-electron chi connectivity index (χ3n) is 9.56. The first-order chi connectivity index (χ1) is 24.2. The van der Waals surface area contributed by atoms with Crippen molar-refractivity contribution in [1.82, 2.24) is 30.6 Å². The van der Waals surface area contributed by atoms with Gasteiger partial charge in [-0.1, -0.05) is 40.2 Å². The van der Waals surface area contributed by atoms with E-state index >= 15 is 0 Å². The molecular formula is C37H54N6O8S. The lowest BCUT2D eigenvalue weighted by molar-refractivity contribution is -0.143. The maximum atomic E-state index is 14.5. The molecule has 1 aliphatic carbocycles. The Morgan fingerprint density at radius 1 is 1.08 bits per heavy atom. The number of nitrogens with one attached hydrogen (secondary N) is 4. The molecule has 2 aromatic rings. The van der Waals surface area contributed by atoms with Crippen molar-refractivity contribution in [2.45, 2.75) is 122 Å². The molecule has 52 heavy (non-hydrogen) atoms. The fourth-order valence-electron chi connectivity index (χ4n) is 6.35. The molecular weight excluding hydrogens is 689 g/mol. The van der Waals surface area contributed by atoms with Gasteiger partial charge in [-0.15, -0.1) is 6.58 Å². The Morgan fingerprint density at radius 3 is 2.33 bits per heavy atom. The van der Waals surface area contributed by atoms with Gasteiger partial charge in [-0.05, 0) is 81.5 Å². The van der Waals surface area contributed by atoms with Crippen LogP contribution in [0, 0.1) is 5.41 Å². The minimum absolute atomic E-state index is 0.0206. The number of nitrogens with zero attached hydrogens (tertiary/aromatic N) is 2. The number of carbonyl (C=O) groups is 4. The molecule has 4 rings (SSSR count). The third kappa shape index (κ3) is 9.33. The molecule has 0 unspecified atom stereocenters. The zero-order valence-corrected chi connectivity index (χ0v) is 32.3. The minimum atomic E-state index is -3.96. The molecule has 14 nitrogen and oxygen atoms in total. The molecule has 4 N–H and O–H groups in total. The second-order valence-corrected chi connectivity index (χ2v) is 17.7. The first kappa shape index (κ1) is 40.4. The lowest BCUT2D eigenvalue weighted by Gasteiger charge is -2.37. The largest absolute Gasteiger partial charge is 0.497 e. The molecule has 286 valence electrons. The Balaban J connectivity index is 1.69. The van der Waals surface area contributed by atoms with Crippen LogP contribution in [0.5, 0.6) is 11.6 Å². The predicted molar refractivity (Wildman–Crippen MR) is 198 cm³/mol. The van der Waals surface area contributed by atoms with Gasteiger partial charge in [0.05, 0.1) is 18.9 Å². The van der Waals surface area contributed by atoms with E-state index < -0.39 is 73.7 Å². The number of amides is 5. The highest BCUT2D eigenvalue weighted by Crippen LogP contribution is 2.33. The van der Waals surface area contributed by atoms with Crippen molar-refractivity contribution < 1.29 is 37.1 Å². The summed E-state index contributed by atoms with van der Waals surface area (Å²) < 4.78 is 39.9. The Kier molecular flexibility index (Phi) is 12.2. The maximum Gasteiger partial charge on any atom is 0.315 e. The van der Waals surface area contributed by atoms with E-state index in [2.05, 4.69) is 32.2 Å². The Bertz CT molecular complexity index is 1780. The third-order valence-corrected chi connectivity index (χ3v) is 11.4. The van der Waals surface area contributed by atoms with Gasteiger partial charge in [0, 0.05) is 23.5 Å². The number of fused-ring (bicyclic) bond motifs is 1. The Morgan fingerprint density at radius 2 is 1.77 bits per heavy atom. The van der Waals surface area contributed by atoms with Crippen molar-refractivity contribution in [2.24, 2.45) is 5.41 Å². The monoisotopic (exact) mass is 742 g/mol. The fraction of sp³-hybridized carbons (Fsp3) is 0.595. The fourth-order valence-corrected chi connectivity index (χ4v) is 7.93. The number of ether oxygens (including phenoxy) is 2. The maximum absolute atomic E-state index is 14.5. The number of carbonyl (C=O) groups excluding carboxylic acids is 4. The summed E-state index contributed by atoms with van der Waals surface area (Å²) in [6, 6.07) is 4.47. The zero-order valence-electron chi connectivity index (χ0n) is 31.5. The normalized spacial score (nSPS) is 19.8. The molecule has 1 aliphatic heterocycles. The van der Waals surface area contributed by atoms with E-state index in [4.69, 9.17) is 9.47 Å². The van der Waals surface area contributed by atoms with Crippen molar-refractivity contribution in [3.63, 3.8) is 0 Å². The summed E-state index contributed by atoms with van der Waals surface area (Å²) in [5, 5.41) is 9.29. The summed E-state index contributed by atoms with van der Waals surface area (Å²) in [4.78, 5) is 61.5. The number of urea groups is 1. The second kappa shape index (κ2) is 15.7. The number of pyridine rings is 1. The van der Waals surface area contributed by atoms with Crippen molar-refractivity contribution in [2.75, 3.05) is 13.7 Å². The number of hydrogen-bond donors (Lipinski definition) is 4. The van der Waals surface area contributed by atoms with Crippen LogP contribution in [-0.2, 0) is 24.4 Å². The van der Waals surface area contributed by atoms with Gasteiger partial charge in [0.1, 0.15) is 29.5 Å². The smallest absolute Gasteiger partial charge is 0.315 e. The molecule has 2 fully saturated rings. The first-order valence-electron chi connectivity index (χ1n) is 17.7. The highest BCUT2D eigenvalue weighted by atomic mass is 32.2. The summed E-state index contributed by atoms with van der Waals surface area (Å²) in [6.45, 7) is 16.2. The second-order valence-electron chi connectivity index (χ2n) is 15.8. The van der Waals surface area contributed by atoms with E-state index in [1.807, 2.05) is 39.0 Å². The van der Waals surface area contributed by atoms with E-state index in [0.29, 0.717) is 29.9 Å². The Hall–Kier alpha value is -4.40. The standard InChI is InChI=1S/C37H54N6O8S/c1-10-18-37(11-2,33(46)42-52(48,49)26-13-12-14-26)40-30(44)28-21-25(51-31-27-16-15-24(50-9)20-23(27)17-19-38-31)22-43(28)32(45)29(35(3,4)5)39-34(47)41-36(6,7)8/h10,15-17,19-20,25-26,28-29H,1,11-14,18,21-22H2,2-9H3,(H,40,44)(H,42,46)(H2,39,41,47)/t25-,28+,29-,37-/m1/s1. The number of benzene rings is 1. The van der Waals surface area contributed by atoms with Gasteiger partial charge in [-0.2, -0.15) is 0 Å². The summed E-state index contributed by atoms with van der Waals surface area (Å²) >= 11 is 0. The quantitative estimate of drug-likeness (QED) is 0.221. The van der Waals surface area contributed by atoms with Gasteiger partial charge in [0.15, 0.2) is 0 Å². The molecule has 1 saturated carbocycles. The van der Waals surface area contributed by atoms with E-state index in [1.54, 1.807) is 47.1 Å². The number of aromatic nitrogens is 1. The van der Waals surface area contributed by atoms with Crippen LogP contribution < -0.4 is 30.1 Å². The van der Waals surface area contributed by atoms with E-state index in [0.717, 1.165) is 11.8 Å². The van der Waals surface area contributed by atoms with Crippen molar-refractivity contribution in [3.8, 4) is 11.6 Å². The molecule has 1 saturated heterocycles. The van der Waals surface area contributed by atoms with Crippen LogP contribution in [0.15, 0.2) is 43.1 Å². The lowest BCUT2D eigenvalue weighted by Crippen LogP contribution is -2.64. The molecule has 15 heteroatoms. The molecule has 2 heterocycles.